The number of aromatic nitrogens is 4. The molecule has 7 nitrogen and oxygen atoms in total. The van der Waals surface area contributed by atoms with Gasteiger partial charge in [-0.3, -0.25) is 9.89 Å². The van der Waals surface area contributed by atoms with Crippen LogP contribution in [0, 0.1) is 0 Å². The summed E-state index contributed by atoms with van der Waals surface area (Å²) in [7, 11) is 0. The van der Waals surface area contributed by atoms with Gasteiger partial charge in [0, 0.05) is 26.7 Å². The topological polar surface area (TPSA) is 87.9 Å². The van der Waals surface area contributed by atoms with Gasteiger partial charge in [-0.05, 0) is 80.1 Å². The molecule has 3 aromatic carbocycles. The van der Waals surface area contributed by atoms with Gasteiger partial charge in [0.1, 0.15) is 11.4 Å². The predicted octanol–water partition coefficient (Wildman–Crippen LogP) is 9.02. The van der Waals surface area contributed by atoms with Gasteiger partial charge in [-0.2, -0.15) is 5.10 Å². The summed E-state index contributed by atoms with van der Waals surface area (Å²) < 4.78 is 6.30. The highest BCUT2D eigenvalue weighted by Gasteiger charge is 2.51. The minimum Gasteiger partial charge on any atom is -0.418 e. The number of carbonyl (C=O) groups is 1. The Morgan fingerprint density at radius 1 is 0.881 bits per heavy atom. The quantitative estimate of drug-likeness (QED) is 0.192. The van der Waals surface area contributed by atoms with Crippen molar-refractivity contribution in [3.05, 3.63) is 104 Å². The number of aromatic amines is 1. The van der Waals surface area contributed by atoms with Crippen molar-refractivity contribution >= 4 is 58.0 Å². The number of nitrogens with zero attached hydrogens (tertiary/aromatic N) is 4. The number of carbonyl (C=O) groups excluding carboxylic acids is 1. The lowest BCUT2D eigenvalue weighted by atomic mass is 9.90. The van der Waals surface area contributed by atoms with Crippen LogP contribution in [0.2, 0.25) is 20.1 Å². The van der Waals surface area contributed by atoms with Gasteiger partial charge in [0.05, 0.1) is 21.7 Å². The van der Waals surface area contributed by atoms with Crippen molar-refractivity contribution < 1.29 is 9.21 Å². The maximum absolute atomic E-state index is 14.6. The van der Waals surface area contributed by atoms with E-state index in [1.165, 1.54) is 0 Å². The Hall–Kier alpha value is -3.36. The molecule has 0 spiro atoms. The van der Waals surface area contributed by atoms with E-state index in [0.29, 0.717) is 54.2 Å². The maximum Gasteiger partial charge on any atom is 0.266 e. The second kappa shape index (κ2) is 10.7. The van der Waals surface area contributed by atoms with Crippen LogP contribution in [0.1, 0.15) is 53.9 Å². The lowest BCUT2D eigenvalue weighted by Crippen LogP contribution is -2.45. The summed E-state index contributed by atoms with van der Waals surface area (Å²) in [6, 6.07) is 19.9. The molecule has 2 heterocycles. The van der Waals surface area contributed by atoms with E-state index in [-0.39, 0.29) is 23.3 Å². The summed E-state index contributed by atoms with van der Waals surface area (Å²) in [4.78, 5) is 16.4. The first-order valence-corrected chi connectivity index (χ1v) is 15.1. The Kier molecular flexibility index (Phi) is 7.02. The molecule has 1 amide bonds. The number of halogens is 4. The summed E-state index contributed by atoms with van der Waals surface area (Å²) in [6.07, 6.45) is 4.45. The molecule has 11 heteroatoms. The third-order valence-corrected chi connectivity index (χ3v) is 9.16. The molecule has 2 aliphatic carbocycles. The molecule has 0 unspecified atom stereocenters. The minimum absolute atomic E-state index is 0.0325. The summed E-state index contributed by atoms with van der Waals surface area (Å²) in [6.45, 7) is 0. The van der Waals surface area contributed by atoms with E-state index in [2.05, 4.69) is 20.4 Å². The molecule has 2 aromatic heterocycles. The Morgan fingerprint density at radius 3 is 2.17 bits per heavy atom. The molecule has 2 saturated carbocycles. The highest BCUT2D eigenvalue weighted by atomic mass is 35.5. The SMILES string of the molecule is O=C(c1c(-c2ccc(Cl)cc2)n[nH]c1-c1nnc(C2(c3ccc(Cl)cc3)CC2)o1)N(c1ccc(Cl)cc1Cl)C1CCC1. The van der Waals surface area contributed by atoms with Gasteiger partial charge in [0.25, 0.3) is 11.8 Å². The monoisotopic (exact) mass is 637 g/mol. The normalized spacial score (nSPS) is 15.8. The molecule has 0 saturated heterocycles. The van der Waals surface area contributed by atoms with Gasteiger partial charge >= 0.3 is 0 Å². The lowest BCUT2D eigenvalue weighted by Gasteiger charge is -2.38. The van der Waals surface area contributed by atoms with Crippen LogP contribution in [-0.4, -0.2) is 32.3 Å². The first-order valence-electron chi connectivity index (χ1n) is 13.6. The van der Waals surface area contributed by atoms with Crippen LogP contribution in [0.4, 0.5) is 5.69 Å². The van der Waals surface area contributed by atoms with Crippen molar-refractivity contribution in [3.8, 4) is 22.8 Å². The zero-order valence-corrected chi connectivity index (χ0v) is 25.1. The molecular formula is C31H23Cl4N5O2. The second-order valence-corrected chi connectivity index (χ2v) is 12.4. The maximum atomic E-state index is 14.6. The highest BCUT2D eigenvalue weighted by molar-refractivity contribution is 6.37. The molecule has 2 aliphatic rings. The van der Waals surface area contributed by atoms with Crippen molar-refractivity contribution in [1.29, 1.82) is 0 Å². The molecule has 0 aliphatic heterocycles. The standard InChI is InChI=1S/C31H23Cl4N5O2/c32-19-8-4-17(5-9-19)26-25(29(41)40(22-2-1-3-22)24-13-12-21(34)16-23(24)35)27(37-36-26)28-38-39-30(42-28)31(14-15-31)18-6-10-20(33)11-7-18/h4-13,16,22H,1-3,14-15H2,(H,36,37). The van der Waals surface area contributed by atoms with Crippen LogP contribution >= 0.6 is 46.4 Å². The largest absolute Gasteiger partial charge is 0.418 e. The molecule has 0 radical (unpaired) electrons. The van der Waals surface area contributed by atoms with Gasteiger partial charge in [-0.1, -0.05) is 70.7 Å². The number of anilines is 1. The van der Waals surface area contributed by atoms with Crippen molar-refractivity contribution in [2.75, 3.05) is 4.90 Å². The van der Waals surface area contributed by atoms with Gasteiger partial charge in [-0.25, -0.2) is 0 Å². The van der Waals surface area contributed by atoms with Crippen molar-refractivity contribution in [1.82, 2.24) is 20.4 Å². The van der Waals surface area contributed by atoms with Crippen LogP contribution in [0.15, 0.2) is 71.1 Å². The van der Waals surface area contributed by atoms with Crippen LogP contribution in [0.5, 0.6) is 0 Å². The summed E-state index contributed by atoms with van der Waals surface area (Å²) >= 11 is 25.1. The molecule has 7 rings (SSSR count). The van der Waals surface area contributed by atoms with Crippen LogP contribution in [0.3, 0.4) is 0 Å². The van der Waals surface area contributed by atoms with Gasteiger partial charge in [0.15, 0.2) is 0 Å². The minimum atomic E-state index is -0.381. The average Bonchev–Trinajstić information content (AvgIpc) is 3.39. The lowest BCUT2D eigenvalue weighted by molar-refractivity contribution is 0.0965. The fourth-order valence-electron chi connectivity index (χ4n) is 5.47. The number of H-pyrrole nitrogens is 1. The number of rotatable bonds is 7. The zero-order valence-electron chi connectivity index (χ0n) is 22.1. The van der Waals surface area contributed by atoms with E-state index in [4.69, 9.17) is 50.8 Å². The van der Waals surface area contributed by atoms with Crippen LogP contribution in [-0.2, 0) is 5.41 Å². The number of hydrogen-bond acceptors (Lipinski definition) is 5. The average molecular weight is 639 g/mol. The predicted molar refractivity (Wildman–Crippen MR) is 165 cm³/mol. The molecule has 212 valence electrons. The molecule has 5 aromatic rings. The second-order valence-electron chi connectivity index (χ2n) is 10.7. The third kappa shape index (κ3) is 4.78. The third-order valence-electron chi connectivity index (χ3n) is 8.12. The summed E-state index contributed by atoms with van der Waals surface area (Å²) in [5.41, 5.74) is 3.05. The van der Waals surface area contributed by atoms with Crippen LogP contribution < -0.4 is 4.90 Å². The van der Waals surface area contributed by atoms with Crippen molar-refractivity contribution in [3.63, 3.8) is 0 Å². The van der Waals surface area contributed by atoms with Gasteiger partial charge in [0.2, 0.25) is 5.89 Å². The Balaban J connectivity index is 1.35. The summed E-state index contributed by atoms with van der Waals surface area (Å²) in [5.74, 6) is 0.380. The van der Waals surface area contributed by atoms with E-state index >= 15 is 0 Å². The van der Waals surface area contributed by atoms with Crippen molar-refractivity contribution in [2.24, 2.45) is 0 Å². The van der Waals surface area contributed by atoms with E-state index in [1.54, 1.807) is 35.2 Å². The molecule has 0 bridgehead atoms. The van der Waals surface area contributed by atoms with Gasteiger partial charge < -0.3 is 9.32 Å². The smallest absolute Gasteiger partial charge is 0.266 e. The van der Waals surface area contributed by atoms with E-state index < -0.39 is 0 Å². The highest BCUT2D eigenvalue weighted by Crippen LogP contribution is 2.53. The number of benzene rings is 3. The van der Waals surface area contributed by atoms with Gasteiger partial charge in [-0.15, -0.1) is 10.2 Å². The van der Waals surface area contributed by atoms with Crippen molar-refractivity contribution in [2.45, 2.75) is 43.6 Å². The Labute approximate surface area is 261 Å². The van der Waals surface area contributed by atoms with Crippen LogP contribution in [0.25, 0.3) is 22.8 Å². The molecule has 1 N–H and O–H groups in total. The zero-order chi connectivity index (χ0) is 29.0. The van der Waals surface area contributed by atoms with E-state index in [9.17, 15) is 4.79 Å². The Morgan fingerprint density at radius 2 is 1.55 bits per heavy atom. The fraction of sp³-hybridized carbons (Fsp3) is 0.226. The summed E-state index contributed by atoms with van der Waals surface area (Å²) in [5, 5.41) is 18.5. The molecule has 2 fully saturated rings. The number of amides is 1. The molecule has 42 heavy (non-hydrogen) atoms. The molecular weight excluding hydrogens is 616 g/mol. The first kappa shape index (κ1) is 27.5. The Bertz CT molecular complexity index is 1790. The number of hydrogen-bond donors (Lipinski definition) is 1. The first-order chi connectivity index (χ1) is 20.3. The van der Waals surface area contributed by atoms with E-state index in [1.807, 2.05) is 36.4 Å². The fourth-order valence-corrected chi connectivity index (χ4v) is 6.22. The molecule has 0 atom stereocenters. The van der Waals surface area contributed by atoms with E-state index in [0.717, 1.165) is 37.7 Å². The number of nitrogens with one attached hydrogen (secondary N) is 1.